The zero-order valence-electron chi connectivity index (χ0n) is 20.1. The van der Waals surface area contributed by atoms with Gasteiger partial charge >= 0.3 is 0 Å². The minimum atomic E-state index is 0.912. The number of hydrogen-bond donors (Lipinski definition) is 1. The van der Waals surface area contributed by atoms with Crippen molar-refractivity contribution in [2.75, 3.05) is 36.9 Å². The highest BCUT2D eigenvalue weighted by atomic mass is 15.1. The van der Waals surface area contributed by atoms with Gasteiger partial charge in [-0.25, -0.2) is 0 Å². The Hall–Kier alpha value is -3.59. The number of aliphatic imine (C=N–C) groups is 1. The molecule has 0 bridgehead atoms. The predicted molar refractivity (Wildman–Crippen MR) is 145 cm³/mol. The van der Waals surface area contributed by atoms with Gasteiger partial charge in [0, 0.05) is 43.6 Å². The van der Waals surface area contributed by atoms with Gasteiger partial charge in [-0.3, -0.25) is 4.99 Å². The third-order valence-corrected chi connectivity index (χ3v) is 6.25. The fourth-order valence-electron chi connectivity index (χ4n) is 4.56. The monoisotopic (exact) mass is 435 g/mol. The van der Waals surface area contributed by atoms with Crippen LogP contribution in [0.1, 0.15) is 43.0 Å². The fourth-order valence-corrected chi connectivity index (χ4v) is 4.56. The SMILES string of the molecule is CCNc1ccc(C(=C2C=CC(=NC)c3ccccc32)c2ccc(N(CC)CC)cc2)cc1. The van der Waals surface area contributed by atoms with Crippen LogP contribution in [-0.4, -0.2) is 32.4 Å². The van der Waals surface area contributed by atoms with Gasteiger partial charge in [0.05, 0.1) is 5.71 Å². The Bertz CT molecular complexity index is 1180. The fraction of sp³-hybridized carbons (Fsp3) is 0.233. The van der Waals surface area contributed by atoms with E-state index >= 15 is 0 Å². The van der Waals surface area contributed by atoms with Crippen LogP contribution < -0.4 is 10.2 Å². The summed E-state index contributed by atoms with van der Waals surface area (Å²) in [5.74, 6) is 0. The van der Waals surface area contributed by atoms with Gasteiger partial charge in [-0.1, -0.05) is 54.6 Å². The van der Waals surface area contributed by atoms with Crippen LogP contribution in [0.5, 0.6) is 0 Å². The highest BCUT2D eigenvalue weighted by Gasteiger charge is 2.19. The number of fused-ring (bicyclic) bond motifs is 1. The van der Waals surface area contributed by atoms with Crippen LogP contribution in [0.3, 0.4) is 0 Å². The van der Waals surface area contributed by atoms with Crippen molar-refractivity contribution >= 4 is 28.2 Å². The summed E-state index contributed by atoms with van der Waals surface area (Å²) in [6.45, 7) is 9.45. The minimum Gasteiger partial charge on any atom is -0.385 e. The van der Waals surface area contributed by atoms with Crippen LogP contribution in [-0.2, 0) is 0 Å². The Morgan fingerprint density at radius 1 is 0.758 bits per heavy atom. The Labute approximate surface area is 198 Å². The highest BCUT2D eigenvalue weighted by Crippen LogP contribution is 2.38. The van der Waals surface area contributed by atoms with Gasteiger partial charge in [0.15, 0.2) is 0 Å². The summed E-state index contributed by atoms with van der Waals surface area (Å²) in [6, 6.07) is 26.3. The topological polar surface area (TPSA) is 27.6 Å². The molecule has 0 amide bonds. The molecule has 0 unspecified atom stereocenters. The first-order chi connectivity index (χ1) is 16.2. The largest absolute Gasteiger partial charge is 0.385 e. The number of anilines is 2. The summed E-state index contributed by atoms with van der Waals surface area (Å²) in [6.07, 6.45) is 4.35. The molecule has 0 saturated carbocycles. The molecule has 0 fully saturated rings. The van der Waals surface area contributed by atoms with E-state index in [9.17, 15) is 0 Å². The van der Waals surface area contributed by atoms with E-state index in [0.717, 1.165) is 31.0 Å². The van der Waals surface area contributed by atoms with Crippen LogP contribution in [0.4, 0.5) is 11.4 Å². The van der Waals surface area contributed by atoms with Crippen LogP contribution in [0.2, 0.25) is 0 Å². The van der Waals surface area contributed by atoms with E-state index in [1.165, 1.54) is 39.1 Å². The van der Waals surface area contributed by atoms with Gasteiger partial charge in [0.2, 0.25) is 0 Å². The maximum Gasteiger partial charge on any atom is 0.0649 e. The first kappa shape index (κ1) is 22.6. The molecular weight excluding hydrogens is 402 g/mol. The van der Waals surface area contributed by atoms with Gasteiger partial charge in [-0.2, -0.15) is 0 Å². The zero-order chi connectivity index (χ0) is 23.2. The average Bonchev–Trinajstić information content (AvgIpc) is 2.87. The first-order valence-corrected chi connectivity index (χ1v) is 11.9. The maximum absolute atomic E-state index is 4.50. The molecule has 3 aromatic rings. The van der Waals surface area contributed by atoms with Crippen molar-refractivity contribution < 1.29 is 0 Å². The molecule has 4 rings (SSSR count). The Balaban J connectivity index is 1.91. The van der Waals surface area contributed by atoms with Crippen molar-refractivity contribution in [2.45, 2.75) is 20.8 Å². The van der Waals surface area contributed by atoms with E-state index in [0.29, 0.717) is 0 Å². The van der Waals surface area contributed by atoms with Gasteiger partial charge in [0.1, 0.15) is 0 Å². The van der Waals surface area contributed by atoms with Crippen LogP contribution in [0.15, 0.2) is 89.9 Å². The van der Waals surface area contributed by atoms with E-state index in [4.69, 9.17) is 0 Å². The number of nitrogens with one attached hydrogen (secondary N) is 1. The number of hydrogen-bond acceptors (Lipinski definition) is 3. The van der Waals surface area contributed by atoms with Crippen LogP contribution >= 0.6 is 0 Å². The summed E-state index contributed by atoms with van der Waals surface area (Å²) < 4.78 is 0. The van der Waals surface area contributed by atoms with E-state index in [1.807, 2.05) is 7.05 Å². The third kappa shape index (κ3) is 4.63. The molecule has 1 aliphatic carbocycles. The van der Waals surface area contributed by atoms with Crippen molar-refractivity contribution in [3.8, 4) is 0 Å². The molecule has 0 aliphatic heterocycles. The van der Waals surface area contributed by atoms with Gasteiger partial charge in [0.25, 0.3) is 0 Å². The molecule has 33 heavy (non-hydrogen) atoms. The molecule has 0 radical (unpaired) electrons. The molecule has 0 aromatic heterocycles. The minimum absolute atomic E-state index is 0.912. The zero-order valence-corrected chi connectivity index (χ0v) is 20.1. The van der Waals surface area contributed by atoms with Crippen LogP contribution in [0, 0.1) is 0 Å². The van der Waals surface area contributed by atoms with Crippen molar-refractivity contribution in [2.24, 2.45) is 4.99 Å². The summed E-state index contributed by atoms with van der Waals surface area (Å²) in [7, 11) is 1.86. The van der Waals surface area contributed by atoms with Crippen molar-refractivity contribution in [1.82, 2.24) is 0 Å². The molecule has 0 heterocycles. The standard InChI is InChI=1S/C30H33N3/c1-5-32-24-16-12-22(13-17-24)30(23-14-18-25(19-15-23)33(6-2)7-3)28-20-21-29(31-4)27-11-9-8-10-26(27)28/h8-21,32H,5-7H2,1-4H3. The second-order valence-corrected chi connectivity index (χ2v) is 8.10. The number of nitrogens with zero attached hydrogens (tertiary/aromatic N) is 2. The summed E-state index contributed by atoms with van der Waals surface area (Å²) in [5, 5.41) is 3.40. The molecule has 3 nitrogen and oxygen atoms in total. The van der Waals surface area contributed by atoms with Crippen molar-refractivity contribution in [1.29, 1.82) is 0 Å². The molecular formula is C30H33N3. The lowest BCUT2D eigenvalue weighted by Crippen LogP contribution is -2.21. The highest BCUT2D eigenvalue weighted by molar-refractivity contribution is 6.19. The summed E-state index contributed by atoms with van der Waals surface area (Å²) in [5.41, 5.74) is 10.7. The van der Waals surface area contributed by atoms with Crippen LogP contribution in [0.25, 0.3) is 11.1 Å². The molecule has 168 valence electrons. The van der Waals surface area contributed by atoms with Gasteiger partial charge in [-0.05, 0) is 78.9 Å². The Kier molecular flexibility index (Phi) is 7.09. The molecule has 0 saturated heterocycles. The van der Waals surface area contributed by atoms with Crippen molar-refractivity contribution in [3.05, 3.63) is 107 Å². The quantitative estimate of drug-likeness (QED) is 0.436. The number of benzene rings is 3. The molecule has 3 heteroatoms. The smallest absolute Gasteiger partial charge is 0.0649 e. The Morgan fingerprint density at radius 3 is 1.94 bits per heavy atom. The summed E-state index contributed by atoms with van der Waals surface area (Å²) >= 11 is 0. The number of allylic oxidation sites excluding steroid dienone is 3. The summed E-state index contributed by atoms with van der Waals surface area (Å²) in [4.78, 5) is 6.88. The number of rotatable bonds is 7. The van der Waals surface area contributed by atoms with Gasteiger partial charge in [-0.15, -0.1) is 0 Å². The van der Waals surface area contributed by atoms with E-state index < -0.39 is 0 Å². The molecule has 1 aliphatic rings. The third-order valence-electron chi connectivity index (χ3n) is 6.25. The molecule has 0 atom stereocenters. The van der Waals surface area contributed by atoms with E-state index in [1.54, 1.807) is 0 Å². The second-order valence-electron chi connectivity index (χ2n) is 8.10. The van der Waals surface area contributed by atoms with E-state index in [-0.39, 0.29) is 0 Å². The van der Waals surface area contributed by atoms with Gasteiger partial charge < -0.3 is 10.2 Å². The molecule has 1 N–H and O–H groups in total. The second kappa shape index (κ2) is 10.4. The Morgan fingerprint density at radius 2 is 1.36 bits per heavy atom. The normalized spacial score (nSPS) is 15.3. The molecule has 0 spiro atoms. The van der Waals surface area contributed by atoms with E-state index in [2.05, 4.69) is 121 Å². The molecule has 3 aromatic carbocycles. The lowest BCUT2D eigenvalue weighted by molar-refractivity contribution is 0.866. The first-order valence-electron chi connectivity index (χ1n) is 11.9. The lowest BCUT2D eigenvalue weighted by atomic mass is 9.83. The maximum atomic E-state index is 4.50. The predicted octanol–water partition coefficient (Wildman–Crippen LogP) is 6.91. The van der Waals surface area contributed by atoms with Crippen molar-refractivity contribution in [3.63, 3.8) is 0 Å². The average molecular weight is 436 g/mol. The lowest BCUT2D eigenvalue weighted by Gasteiger charge is -2.23.